The van der Waals surface area contributed by atoms with Crippen molar-refractivity contribution in [1.82, 2.24) is 10.6 Å². The second-order valence-corrected chi connectivity index (χ2v) is 8.72. The minimum atomic E-state index is -3.21. The van der Waals surface area contributed by atoms with Gasteiger partial charge in [-0.2, -0.15) is 0 Å². The summed E-state index contributed by atoms with van der Waals surface area (Å²) in [5, 5.41) is 7.07. The van der Waals surface area contributed by atoms with Gasteiger partial charge < -0.3 is 15.4 Å². The molecule has 0 aliphatic heterocycles. The first kappa shape index (κ1) is 25.5. The normalized spacial score (nSPS) is 11.5. The van der Waals surface area contributed by atoms with E-state index in [4.69, 9.17) is 16.3 Å². The minimum Gasteiger partial charge on any atom is -0.492 e. The molecular formula is C20H27ClIN3O3S. The zero-order valence-electron chi connectivity index (χ0n) is 16.7. The highest BCUT2D eigenvalue weighted by Crippen LogP contribution is 2.17. The molecule has 0 radical (unpaired) electrons. The monoisotopic (exact) mass is 551 g/mol. The summed E-state index contributed by atoms with van der Waals surface area (Å²) >= 11 is 5.85. The van der Waals surface area contributed by atoms with E-state index < -0.39 is 9.84 Å². The van der Waals surface area contributed by atoms with Crippen molar-refractivity contribution in [3.05, 3.63) is 58.6 Å². The predicted octanol–water partition coefficient (Wildman–Crippen LogP) is 3.80. The average molecular weight is 552 g/mol. The van der Waals surface area contributed by atoms with Gasteiger partial charge in [0, 0.05) is 17.8 Å². The van der Waals surface area contributed by atoms with E-state index in [2.05, 4.69) is 15.6 Å². The molecule has 2 aromatic rings. The summed E-state index contributed by atoms with van der Waals surface area (Å²) in [5.41, 5.74) is 1.67. The van der Waals surface area contributed by atoms with E-state index in [1.54, 1.807) is 31.2 Å². The Hall–Kier alpha value is -1.52. The molecule has 160 valence electrons. The van der Waals surface area contributed by atoms with E-state index in [-0.39, 0.29) is 24.0 Å². The number of ether oxygens (including phenoxy) is 1. The van der Waals surface area contributed by atoms with Crippen molar-refractivity contribution in [2.45, 2.75) is 25.3 Å². The Balaban J connectivity index is 0.00000420. The number of aliphatic imine (C=N–C) groups is 1. The van der Waals surface area contributed by atoms with Crippen molar-refractivity contribution in [3.63, 3.8) is 0 Å². The van der Waals surface area contributed by atoms with Crippen LogP contribution in [0.4, 0.5) is 0 Å². The molecule has 0 spiro atoms. The lowest BCUT2D eigenvalue weighted by Crippen LogP contribution is -2.39. The third-order valence-corrected chi connectivity index (χ3v) is 5.39. The maximum Gasteiger partial charge on any atom is 0.191 e. The van der Waals surface area contributed by atoms with Crippen LogP contribution >= 0.6 is 35.6 Å². The number of nitrogens with zero attached hydrogens (tertiary/aromatic N) is 1. The summed E-state index contributed by atoms with van der Waals surface area (Å²) in [6.45, 7) is 6.02. The zero-order chi connectivity index (χ0) is 20.6. The molecule has 0 saturated heterocycles. The Kier molecular flexibility index (Phi) is 10.8. The molecule has 2 aromatic carbocycles. The molecule has 0 fully saturated rings. The second-order valence-electron chi connectivity index (χ2n) is 6.30. The van der Waals surface area contributed by atoms with Crippen molar-refractivity contribution in [1.29, 1.82) is 0 Å². The van der Waals surface area contributed by atoms with Gasteiger partial charge in [-0.05, 0) is 55.3 Å². The molecule has 0 heterocycles. The highest BCUT2D eigenvalue weighted by atomic mass is 127. The number of aryl methyl sites for hydroxylation is 1. The number of hydrogen-bond acceptors (Lipinski definition) is 4. The smallest absolute Gasteiger partial charge is 0.191 e. The molecule has 0 bridgehead atoms. The number of guanidine groups is 1. The SMILES string of the molecule is CCNC(=NCc1ccc(S(C)(=O)=O)c(C)c1)NCCOc1ccc(Cl)cc1.I. The summed E-state index contributed by atoms with van der Waals surface area (Å²) in [7, 11) is -3.21. The lowest BCUT2D eigenvalue weighted by molar-refractivity contribution is 0.322. The van der Waals surface area contributed by atoms with E-state index in [0.717, 1.165) is 23.4 Å². The quantitative estimate of drug-likeness (QED) is 0.226. The van der Waals surface area contributed by atoms with Crippen LogP contribution in [0.5, 0.6) is 5.75 Å². The van der Waals surface area contributed by atoms with Gasteiger partial charge in [0.1, 0.15) is 12.4 Å². The molecule has 2 N–H and O–H groups in total. The Labute approximate surface area is 195 Å². The van der Waals surface area contributed by atoms with Gasteiger partial charge in [-0.25, -0.2) is 13.4 Å². The van der Waals surface area contributed by atoms with E-state index >= 15 is 0 Å². The molecule has 0 aliphatic rings. The number of halogens is 2. The van der Waals surface area contributed by atoms with Crippen LogP contribution in [0, 0.1) is 6.92 Å². The van der Waals surface area contributed by atoms with E-state index in [9.17, 15) is 8.42 Å². The van der Waals surface area contributed by atoms with Crippen molar-refractivity contribution in [2.24, 2.45) is 4.99 Å². The topological polar surface area (TPSA) is 79.8 Å². The number of nitrogens with one attached hydrogen (secondary N) is 2. The molecule has 0 saturated carbocycles. The maximum atomic E-state index is 11.7. The standard InChI is InChI=1S/C20H26ClN3O3S.HI/c1-4-22-20(23-11-12-27-18-8-6-17(21)7-9-18)24-14-16-5-10-19(15(2)13-16)28(3,25)26;/h5-10,13H,4,11-12,14H2,1-3H3,(H2,22,23,24);1H. The van der Waals surface area contributed by atoms with Crippen LogP contribution in [0.25, 0.3) is 0 Å². The first-order valence-corrected chi connectivity index (χ1v) is 11.3. The van der Waals surface area contributed by atoms with E-state index in [1.807, 2.05) is 25.1 Å². The second kappa shape index (κ2) is 12.2. The van der Waals surface area contributed by atoms with Crippen LogP contribution in [0.15, 0.2) is 52.4 Å². The first-order chi connectivity index (χ1) is 13.3. The van der Waals surface area contributed by atoms with Gasteiger partial charge in [0.2, 0.25) is 0 Å². The Bertz CT molecular complexity index is 919. The fourth-order valence-corrected chi connectivity index (χ4v) is 3.69. The van der Waals surface area contributed by atoms with Crippen LogP contribution in [0.2, 0.25) is 5.02 Å². The van der Waals surface area contributed by atoms with Gasteiger partial charge >= 0.3 is 0 Å². The molecular weight excluding hydrogens is 525 g/mol. The number of hydrogen-bond donors (Lipinski definition) is 2. The van der Waals surface area contributed by atoms with Crippen LogP contribution < -0.4 is 15.4 Å². The van der Waals surface area contributed by atoms with Gasteiger partial charge in [0.25, 0.3) is 0 Å². The highest BCUT2D eigenvalue weighted by molar-refractivity contribution is 14.0. The predicted molar refractivity (Wildman–Crippen MR) is 129 cm³/mol. The van der Waals surface area contributed by atoms with Crippen molar-refractivity contribution >= 4 is 51.4 Å². The third kappa shape index (κ3) is 8.79. The largest absolute Gasteiger partial charge is 0.492 e. The van der Waals surface area contributed by atoms with Gasteiger partial charge in [-0.15, -0.1) is 24.0 Å². The Morgan fingerprint density at radius 3 is 2.41 bits per heavy atom. The summed E-state index contributed by atoms with van der Waals surface area (Å²) in [6.07, 6.45) is 1.21. The zero-order valence-corrected chi connectivity index (χ0v) is 20.6. The Morgan fingerprint density at radius 2 is 1.83 bits per heavy atom. The van der Waals surface area contributed by atoms with Gasteiger partial charge in [0.15, 0.2) is 15.8 Å². The molecule has 29 heavy (non-hydrogen) atoms. The third-order valence-electron chi connectivity index (χ3n) is 3.88. The summed E-state index contributed by atoms with van der Waals surface area (Å²) in [6, 6.07) is 12.5. The lowest BCUT2D eigenvalue weighted by Gasteiger charge is -2.12. The molecule has 0 aromatic heterocycles. The minimum absolute atomic E-state index is 0. The van der Waals surface area contributed by atoms with Crippen molar-refractivity contribution in [3.8, 4) is 5.75 Å². The fourth-order valence-electron chi connectivity index (χ4n) is 2.61. The molecule has 0 atom stereocenters. The average Bonchev–Trinajstić information content (AvgIpc) is 2.63. The number of sulfone groups is 1. The van der Waals surface area contributed by atoms with Gasteiger partial charge in [-0.3, -0.25) is 0 Å². The summed E-state index contributed by atoms with van der Waals surface area (Å²) in [5.74, 6) is 1.43. The Morgan fingerprint density at radius 1 is 1.14 bits per heavy atom. The molecule has 0 aliphatic carbocycles. The van der Waals surface area contributed by atoms with Gasteiger partial charge in [0.05, 0.1) is 18.0 Å². The van der Waals surface area contributed by atoms with Crippen LogP contribution in [0.1, 0.15) is 18.1 Å². The molecule has 0 unspecified atom stereocenters. The summed E-state index contributed by atoms with van der Waals surface area (Å²) < 4.78 is 29.1. The van der Waals surface area contributed by atoms with Crippen LogP contribution in [-0.2, 0) is 16.4 Å². The molecule has 0 amide bonds. The lowest BCUT2D eigenvalue weighted by atomic mass is 10.1. The molecule has 6 nitrogen and oxygen atoms in total. The fraction of sp³-hybridized carbons (Fsp3) is 0.350. The first-order valence-electron chi connectivity index (χ1n) is 8.99. The van der Waals surface area contributed by atoms with Gasteiger partial charge in [-0.1, -0.05) is 23.7 Å². The molecule has 9 heteroatoms. The van der Waals surface area contributed by atoms with Crippen molar-refractivity contribution < 1.29 is 13.2 Å². The van der Waals surface area contributed by atoms with Crippen molar-refractivity contribution in [2.75, 3.05) is 26.0 Å². The van der Waals surface area contributed by atoms with E-state index in [0.29, 0.717) is 35.6 Å². The number of rotatable bonds is 8. The highest BCUT2D eigenvalue weighted by Gasteiger charge is 2.10. The maximum absolute atomic E-state index is 11.7. The summed E-state index contributed by atoms with van der Waals surface area (Å²) in [4.78, 5) is 4.90. The molecule has 2 rings (SSSR count). The van der Waals surface area contributed by atoms with E-state index in [1.165, 1.54) is 6.26 Å². The van der Waals surface area contributed by atoms with Crippen LogP contribution in [0.3, 0.4) is 0 Å². The number of benzene rings is 2. The van der Waals surface area contributed by atoms with Crippen LogP contribution in [-0.4, -0.2) is 40.3 Å².